The molecule has 1 aromatic rings. The summed E-state index contributed by atoms with van der Waals surface area (Å²) in [5, 5.41) is 4.79. The molecule has 0 unspecified atom stereocenters. The van der Waals surface area contributed by atoms with Gasteiger partial charge in [0, 0.05) is 11.7 Å². The van der Waals surface area contributed by atoms with Gasteiger partial charge >= 0.3 is 0 Å². The molecular formula is C9H15N3O4S2. The molecule has 0 saturated heterocycles. The van der Waals surface area contributed by atoms with Crippen LogP contribution >= 0.6 is 0 Å². The van der Waals surface area contributed by atoms with Gasteiger partial charge in [-0.3, -0.25) is 4.72 Å². The van der Waals surface area contributed by atoms with Crippen LogP contribution < -0.4 is 14.6 Å². The van der Waals surface area contributed by atoms with Crippen LogP contribution in [0.25, 0.3) is 0 Å². The Morgan fingerprint density at radius 2 is 1.56 bits per heavy atom. The fourth-order valence-electron chi connectivity index (χ4n) is 1.24. The number of hydrogen-bond acceptors (Lipinski definition) is 4. The first-order valence-corrected chi connectivity index (χ1v) is 8.06. The second kappa shape index (κ2) is 5.22. The molecule has 0 heterocycles. The molecule has 7 nitrogen and oxygen atoms in total. The van der Waals surface area contributed by atoms with Crippen LogP contribution in [0, 0.1) is 0 Å². The molecule has 0 saturated carbocycles. The maximum Gasteiger partial charge on any atom is 0.296 e. The fourth-order valence-corrected chi connectivity index (χ4v) is 2.96. The molecule has 1 rings (SSSR count). The third-order valence-corrected chi connectivity index (χ3v) is 4.01. The molecule has 0 aliphatic carbocycles. The van der Waals surface area contributed by atoms with E-state index in [-0.39, 0.29) is 16.6 Å². The summed E-state index contributed by atoms with van der Waals surface area (Å²) in [6.07, 6.45) is 0. The van der Waals surface area contributed by atoms with Gasteiger partial charge < -0.3 is 0 Å². The SMILES string of the molecule is CC(C)NS(=O)(=O)c1ccc(NS(N)(=O)=O)cc1. The Morgan fingerprint density at radius 3 is 1.94 bits per heavy atom. The van der Waals surface area contributed by atoms with Crippen molar-refractivity contribution in [1.82, 2.24) is 4.72 Å². The van der Waals surface area contributed by atoms with Crippen molar-refractivity contribution in [2.45, 2.75) is 24.8 Å². The predicted molar refractivity (Wildman–Crippen MR) is 68.6 cm³/mol. The number of anilines is 1. The van der Waals surface area contributed by atoms with Crippen LogP contribution in [-0.4, -0.2) is 22.9 Å². The topological polar surface area (TPSA) is 118 Å². The molecule has 0 fully saturated rings. The minimum atomic E-state index is -3.86. The molecule has 0 radical (unpaired) electrons. The van der Waals surface area contributed by atoms with Crippen molar-refractivity contribution in [3.05, 3.63) is 24.3 Å². The van der Waals surface area contributed by atoms with E-state index in [9.17, 15) is 16.8 Å². The zero-order chi connectivity index (χ0) is 14.0. The van der Waals surface area contributed by atoms with E-state index in [1.165, 1.54) is 24.3 Å². The third-order valence-electron chi connectivity index (χ3n) is 1.82. The lowest BCUT2D eigenvalue weighted by molar-refractivity contribution is 0.570. The van der Waals surface area contributed by atoms with Crippen molar-refractivity contribution < 1.29 is 16.8 Å². The summed E-state index contributed by atoms with van der Waals surface area (Å²) >= 11 is 0. The largest absolute Gasteiger partial charge is 0.296 e. The first-order valence-electron chi connectivity index (χ1n) is 5.03. The molecule has 0 amide bonds. The highest BCUT2D eigenvalue weighted by Crippen LogP contribution is 2.14. The van der Waals surface area contributed by atoms with E-state index >= 15 is 0 Å². The molecule has 18 heavy (non-hydrogen) atoms. The summed E-state index contributed by atoms with van der Waals surface area (Å²) < 4.78 is 49.5. The third kappa shape index (κ3) is 4.61. The number of rotatable bonds is 5. The lowest BCUT2D eigenvalue weighted by Crippen LogP contribution is -2.30. The van der Waals surface area contributed by atoms with Gasteiger partial charge in [-0.25, -0.2) is 18.3 Å². The Hall–Kier alpha value is -1.16. The highest BCUT2D eigenvalue weighted by molar-refractivity contribution is 7.90. The van der Waals surface area contributed by atoms with Crippen LogP contribution in [0.3, 0.4) is 0 Å². The first kappa shape index (κ1) is 14.9. The van der Waals surface area contributed by atoms with Gasteiger partial charge in [0.2, 0.25) is 10.0 Å². The van der Waals surface area contributed by atoms with Gasteiger partial charge in [-0.1, -0.05) is 0 Å². The summed E-state index contributed by atoms with van der Waals surface area (Å²) in [6, 6.07) is 4.99. The monoisotopic (exact) mass is 293 g/mol. The lowest BCUT2D eigenvalue weighted by Gasteiger charge is -2.10. The van der Waals surface area contributed by atoms with Gasteiger partial charge in [-0.15, -0.1) is 0 Å². The highest BCUT2D eigenvalue weighted by Gasteiger charge is 2.15. The maximum atomic E-state index is 11.8. The normalized spacial score (nSPS) is 12.7. The van der Waals surface area contributed by atoms with E-state index in [1.807, 2.05) is 4.72 Å². The molecule has 102 valence electrons. The van der Waals surface area contributed by atoms with Gasteiger partial charge in [0.25, 0.3) is 10.2 Å². The fraction of sp³-hybridized carbons (Fsp3) is 0.333. The molecule has 0 bridgehead atoms. The molecule has 4 N–H and O–H groups in total. The Kier molecular flexibility index (Phi) is 4.32. The number of nitrogens with one attached hydrogen (secondary N) is 2. The molecule has 0 aliphatic heterocycles. The second-order valence-electron chi connectivity index (χ2n) is 3.95. The minimum Gasteiger partial charge on any atom is -0.271 e. The number of sulfonamides is 1. The van der Waals surface area contributed by atoms with E-state index in [0.29, 0.717) is 0 Å². The molecule has 0 aromatic heterocycles. The number of nitrogens with two attached hydrogens (primary N) is 1. The molecule has 0 atom stereocenters. The van der Waals surface area contributed by atoms with Crippen molar-refractivity contribution in [3.63, 3.8) is 0 Å². The zero-order valence-corrected chi connectivity index (χ0v) is 11.5. The van der Waals surface area contributed by atoms with Gasteiger partial charge in [-0.05, 0) is 38.1 Å². The van der Waals surface area contributed by atoms with Gasteiger partial charge in [0.1, 0.15) is 0 Å². The molecule has 1 aromatic carbocycles. The van der Waals surface area contributed by atoms with E-state index in [0.717, 1.165) is 0 Å². The van der Waals surface area contributed by atoms with Gasteiger partial charge in [0.15, 0.2) is 0 Å². The molecule has 9 heteroatoms. The Morgan fingerprint density at radius 1 is 1.06 bits per heavy atom. The van der Waals surface area contributed by atoms with Crippen molar-refractivity contribution >= 4 is 25.9 Å². The molecule has 0 spiro atoms. The minimum absolute atomic E-state index is 0.0520. The summed E-state index contributed by atoms with van der Waals surface area (Å²) in [7, 11) is -7.44. The number of hydrogen-bond donors (Lipinski definition) is 3. The van der Waals surface area contributed by atoms with Crippen molar-refractivity contribution in [1.29, 1.82) is 0 Å². The van der Waals surface area contributed by atoms with Crippen LogP contribution in [0.4, 0.5) is 5.69 Å². The Labute approximate surface area is 107 Å². The van der Waals surface area contributed by atoms with E-state index < -0.39 is 20.2 Å². The van der Waals surface area contributed by atoms with Gasteiger partial charge in [-0.2, -0.15) is 8.42 Å². The van der Waals surface area contributed by atoms with Crippen molar-refractivity contribution in [3.8, 4) is 0 Å². The summed E-state index contributed by atoms with van der Waals surface area (Å²) in [5.74, 6) is 0. The molecular weight excluding hydrogens is 278 g/mol. The lowest BCUT2D eigenvalue weighted by atomic mass is 10.3. The van der Waals surface area contributed by atoms with Gasteiger partial charge in [0.05, 0.1) is 4.90 Å². The van der Waals surface area contributed by atoms with E-state index in [1.54, 1.807) is 13.8 Å². The average Bonchev–Trinajstić information content (AvgIpc) is 2.13. The summed E-state index contributed by atoms with van der Waals surface area (Å²) in [4.78, 5) is 0.0520. The van der Waals surface area contributed by atoms with E-state index in [2.05, 4.69) is 4.72 Å². The highest BCUT2D eigenvalue weighted by atomic mass is 32.2. The van der Waals surface area contributed by atoms with Crippen LogP contribution in [0.2, 0.25) is 0 Å². The smallest absolute Gasteiger partial charge is 0.271 e. The standard InChI is InChI=1S/C9H15N3O4S2/c1-7(2)11-17(13,14)9-5-3-8(4-6-9)12-18(10,15)16/h3-7,11-12H,1-2H3,(H2,10,15,16). The predicted octanol–water partition coefficient (Wildman–Crippen LogP) is -0.0113. The zero-order valence-electron chi connectivity index (χ0n) is 9.91. The van der Waals surface area contributed by atoms with Crippen molar-refractivity contribution in [2.75, 3.05) is 4.72 Å². The van der Waals surface area contributed by atoms with Crippen LogP contribution in [-0.2, 0) is 20.2 Å². The van der Waals surface area contributed by atoms with Crippen LogP contribution in [0.15, 0.2) is 29.2 Å². The van der Waals surface area contributed by atoms with E-state index in [4.69, 9.17) is 5.14 Å². The Balaban J connectivity index is 2.96. The Bertz CT molecular complexity index is 606. The number of benzene rings is 1. The first-order chi connectivity index (χ1) is 8.10. The molecule has 0 aliphatic rings. The van der Waals surface area contributed by atoms with Crippen LogP contribution in [0.5, 0.6) is 0 Å². The quantitative estimate of drug-likeness (QED) is 0.707. The average molecular weight is 293 g/mol. The van der Waals surface area contributed by atoms with Crippen LogP contribution in [0.1, 0.15) is 13.8 Å². The van der Waals surface area contributed by atoms with Crippen molar-refractivity contribution in [2.24, 2.45) is 5.14 Å². The summed E-state index contributed by atoms with van der Waals surface area (Å²) in [5.41, 5.74) is 0.195. The summed E-state index contributed by atoms with van der Waals surface area (Å²) in [6.45, 7) is 3.41. The second-order valence-corrected chi connectivity index (χ2v) is 6.96. The maximum absolute atomic E-state index is 11.8.